The first-order chi connectivity index (χ1) is 9.97. The average molecular weight is 383 g/mol. The van der Waals surface area contributed by atoms with Gasteiger partial charge in [0.1, 0.15) is 4.90 Å². The average Bonchev–Trinajstić information content (AvgIpc) is 2.82. The fourth-order valence-electron chi connectivity index (χ4n) is 1.96. The quantitative estimate of drug-likeness (QED) is 0.739. The first-order valence-corrected chi connectivity index (χ1v) is 9.20. The van der Waals surface area contributed by atoms with Gasteiger partial charge in [0.2, 0.25) is 0 Å². The Morgan fingerprint density at radius 2 is 1.90 bits per heavy atom. The summed E-state index contributed by atoms with van der Waals surface area (Å²) in [5, 5.41) is 0.370. The highest BCUT2D eigenvalue weighted by Gasteiger charge is 2.19. The Morgan fingerprint density at radius 1 is 1.14 bits per heavy atom. The van der Waals surface area contributed by atoms with Crippen molar-refractivity contribution in [2.24, 2.45) is 0 Å². The van der Waals surface area contributed by atoms with E-state index in [1.807, 2.05) is 25.1 Å². The highest BCUT2D eigenvalue weighted by atomic mass is 79.9. The number of aromatic nitrogens is 1. The molecule has 4 nitrogen and oxygen atoms in total. The van der Waals surface area contributed by atoms with Gasteiger partial charge in [0.25, 0.3) is 10.0 Å². The van der Waals surface area contributed by atoms with Crippen molar-refractivity contribution < 1.29 is 8.42 Å². The van der Waals surface area contributed by atoms with Gasteiger partial charge in [-0.2, -0.15) is 0 Å². The molecule has 21 heavy (non-hydrogen) atoms. The number of benzene rings is 2. The number of aryl methyl sites for hydroxylation is 1. The van der Waals surface area contributed by atoms with Crippen LogP contribution in [0.1, 0.15) is 5.56 Å². The third-order valence-corrected chi connectivity index (χ3v) is 6.38. The summed E-state index contributed by atoms with van der Waals surface area (Å²) in [7, 11) is -3.65. The van der Waals surface area contributed by atoms with Crippen LogP contribution in [0.2, 0.25) is 0 Å². The van der Waals surface area contributed by atoms with E-state index in [2.05, 4.69) is 25.6 Å². The van der Waals surface area contributed by atoms with Crippen LogP contribution in [-0.4, -0.2) is 13.4 Å². The SMILES string of the molecule is Cc1cccc2sc(NS(=O)(=O)c3ccccc3Br)nc12. The fourth-order valence-corrected chi connectivity index (χ4v) is 5.15. The third-order valence-electron chi connectivity index (χ3n) is 2.97. The molecule has 0 bridgehead atoms. The standard InChI is InChI=1S/C14H11BrN2O2S2/c1-9-5-4-7-11-13(9)16-14(20-11)17-21(18,19)12-8-3-2-6-10(12)15/h2-8H,1H3,(H,16,17). The molecule has 3 aromatic rings. The Kier molecular flexibility index (Phi) is 3.73. The molecule has 0 amide bonds. The molecule has 1 heterocycles. The third kappa shape index (κ3) is 2.81. The molecule has 2 aromatic carbocycles. The van der Waals surface area contributed by atoms with Crippen LogP contribution >= 0.6 is 27.3 Å². The van der Waals surface area contributed by atoms with E-state index in [0.717, 1.165) is 15.8 Å². The number of sulfonamides is 1. The van der Waals surface area contributed by atoms with Crippen LogP contribution in [0.4, 0.5) is 5.13 Å². The smallest absolute Gasteiger partial charge is 0.255 e. The van der Waals surface area contributed by atoms with Crippen LogP contribution in [0.25, 0.3) is 10.2 Å². The van der Waals surface area contributed by atoms with Gasteiger partial charge in [0.15, 0.2) is 5.13 Å². The lowest BCUT2D eigenvalue weighted by atomic mass is 10.2. The van der Waals surface area contributed by atoms with Gasteiger partial charge in [0.05, 0.1) is 10.2 Å². The Bertz CT molecular complexity index is 920. The van der Waals surface area contributed by atoms with Crippen molar-refractivity contribution in [3.63, 3.8) is 0 Å². The van der Waals surface area contributed by atoms with Crippen molar-refractivity contribution in [2.45, 2.75) is 11.8 Å². The minimum Gasteiger partial charge on any atom is -0.255 e. The van der Waals surface area contributed by atoms with E-state index in [1.165, 1.54) is 11.3 Å². The first kappa shape index (κ1) is 14.5. The Labute approximate surface area is 135 Å². The Morgan fingerprint density at radius 3 is 2.62 bits per heavy atom. The highest BCUT2D eigenvalue weighted by Crippen LogP contribution is 2.30. The number of nitrogens with zero attached hydrogens (tertiary/aromatic N) is 1. The van der Waals surface area contributed by atoms with Crippen LogP contribution in [-0.2, 0) is 10.0 Å². The van der Waals surface area contributed by atoms with E-state index < -0.39 is 10.0 Å². The predicted molar refractivity (Wildman–Crippen MR) is 89.3 cm³/mol. The largest absolute Gasteiger partial charge is 0.264 e. The molecule has 0 aliphatic carbocycles. The van der Waals surface area contributed by atoms with Gasteiger partial charge >= 0.3 is 0 Å². The minimum atomic E-state index is -3.65. The van der Waals surface area contributed by atoms with E-state index in [0.29, 0.717) is 9.60 Å². The van der Waals surface area contributed by atoms with E-state index in [-0.39, 0.29) is 4.90 Å². The molecule has 0 saturated carbocycles. The summed E-state index contributed by atoms with van der Waals surface area (Å²) >= 11 is 4.58. The number of anilines is 1. The maximum absolute atomic E-state index is 12.4. The van der Waals surface area contributed by atoms with Gasteiger partial charge in [-0.25, -0.2) is 13.4 Å². The molecule has 3 rings (SSSR count). The molecule has 108 valence electrons. The highest BCUT2D eigenvalue weighted by molar-refractivity contribution is 9.10. The number of halogens is 1. The zero-order valence-electron chi connectivity index (χ0n) is 11.0. The molecule has 0 atom stereocenters. The van der Waals surface area contributed by atoms with Crippen molar-refractivity contribution in [1.29, 1.82) is 0 Å². The van der Waals surface area contributed by atoms with Gasteiger partial charge < -0.3 is 0 Å². The topological polar surface area (TPSA) is 59.1 Å². The molecule has 1 aromatic heterocycles. The zero-order valence-corrected chi connectivity index (χ0v) is 14.2. The van der Waals surface area contributed by atoms with Crippen molar-refractivity contribution in [3.8, 4) is 0 Å². The lowest BCUT2D eigenvalue weighted by Gasteiger charge is -2.06. The normalized spacial score (nSPS) is 11.7. The first-order valence-electron chi connectivity index (χ1n) is 6.11. The summed E-state index contributed by atoms with van der Waals surface area (Å²) in [4.78, 5) is 4.56. The summed E-state index contributed by atoms with van der Waals surface area (Å²) in [5.41, 5.74) is 1.85. The molecule has 1 N–H and O–H groups in total. The van der Waals surface area contributed by atoms with E-state index >= 15 is 0 Å². The number of hydrogen-bond donors (Lipinski definition) is 1. The van der Waals surface area contributed by atoms with Gasteiger partial charge in [-0.05, 0) is 46.6 Å². The monoisotopic (exact) mass is 382 g/mol. The fraction of sp³-hybridized carbons (Fsp3) is 0.0714. The summed E-state index contributed by atoms with van der Waals surface area (Å²) < 4.78 is 28.8. The number of fused-ring (bicyclic) bond motifs is 1. The van der Waals surface area contributed by atoms with Crippen LogP contribution < -0.4 is 4.72 Å². The van der Waals surface area contributed by atoms with Gasteiger partial charge in [-0.3, -0.25) is 4.72 Å². The Hall–Kier alpha value is -1.44. The molecule has 0 spiro atoms. The van der Waals surface area contributed by atoms with Crippen molar-refractivity contribution in [2.75, 3.05) is 4.72 Å². The number of hydrogen-bond acceptors (Lipinski definition) is 4. The number of rotatable bonds is 3. The van der Waals surface area contributed by atoms with Gasteiger partial charge in [-0.1, -0.05) is 35.6 Å². The molecule has 0 radical (unpaired) electrons. The molecule has 0 fully saturated rings. The van der Waals surface area contributed by atoms with Crippen LogP contribution in [0, 0.1) is 6.92 Å². The lowest BCUT2D eigenvalue weighted by molar-refractivity contribution is 0.600. The molecule has 0 aliphatic heterocycles. The van der Waals surface area contributed by atoms with Crippen molar-refractivity contribution in [1.82, 2.24) is 4.98 Å². The molecule has 0 unspecified atom stereocenters. The number of thiazole rings is 1. The molecular weight excluding hydrogens is 372 g/mol. The molecule has 0 aliphatic rings. The maximum Gasteiger partial charge on any atom is 0.264 e. The molecule has 0 saturated heterocycles. The van der Waals surface area contributed by atoms with Gasteiger partial charge in [-0.15, -0.1) is 0 Å². The number of nitrogens with one attached hydrogen (secondary N) is 1. The Balaban J connectivity index is 2.02. The predicted octanol–water partition coefficient (Wildman–Crippen LogP) is 4.17. The zero-order chi connectivity index (χ0) is 15.0. The second-order valence-corrected chi connectivity index (χ2v) is 8.01. The molecule has 7 heteroatoms. The maximum atomic E-state index is 12.4. The molecular formula is C14H11BrN2O2S2. The summed E-state index contributed by atoms with van der Waals surface area (Å²) in [6, 6.07) is 12.5. The second-order valence-electron chi connectivity index (χ2n) is 4.48. The van der Waals surface area contributed by atoms with Crippen molar-refractivity contribution in [3.05, 3.63) is 52.5 Å². The summed E-state index contributed by atoms with van der Waals surface area (Å²) in [6.45, 7) is 1.95. The van der Waals surface area contributed by atoms with E-state index in [9.17, 15) is 8.42 Å². The van der Waals surface area contributed by atoms with Crippen LogP contribution in [0.3, 0.4) is 0 Å². The summed E-state index contributed by atoms with van der Waals surface area (Å²) in [6.07, 6.45) is 0. The lowest BCUT2D eigenvalue weighted by Crippen LogP contribution is -2.13. The van der Waals surface area contributed by atoms with Crippen LogP contribution in [0.15, 0.2) is 51.8 Å². The van der Waals surface area contributed by atoms with Crippen LogP contribution in [0.5, 0.6) is 0 Å². The second kappa shape index (κ2) is 5.40. The van der Waals surface area contributed by atoms with Crippen molar-refractivity contribution >= 4 is 52.6 Å². The van der Waals surface area contributed by atoms with Gasteiger partial charge in [0, 0.05) is 4.47 Å². The minimum absolute atomic E-state index is 0.195. The van der Waals surface area contributed by atoms with E-state index in [1.54, 1.807) is 24.3 Å². The number of para-hydroxylation sites is 1. The summed E-state index contributed by atoms with van der Waals surface area (Å²) in [5.74, 6) is 0. The van der Waals surface area contributed by atoms with E-state index in [4.69, 9.17) is 0 Å².